The van der Waals surface area contributed by atoms with Crippen molar-refractivity contribution >= 4 is 51.8 Å². The second-order valence-electron chi connectivity index (χ2n) is 14.6. The first-order valence-electron chi connectivity index (χ1n) is 19.2. The molecule has 2 fully saturated rings. The van der Waals surface area contributed by atoms with Gasteiger partial charge in [-0.3, -0.25) is 33.7 Å². The van der Waals surface area contributed by atoms with Gasteiger partial charge < -0.3 is 20.7 Å². The lowest BCUT2D eigenvalue weighted by Gasteiger charge is -2.33. The number of anilines is 4. The number of aryl methyl sites for hydroxylation is 1. The molecule has 8 rings (SSSR count). The highest BCUT2D eigenvalue weighted by Gasteiger charge is 2.32. The number of halogens is 1. The number of nitrogens with one attached hydrogen (secondary N) is 4. The number of pyridine rings is 2. The highest BCUT2D eigenvalue weighted by atomic mass is 19.1. The van der Waals surface area contributed by atoms with E-state index < -0.39 is 17.8 Å². The van der Waals surface area contributed by atoms with Crippen LogP contribution in [0.3, 0.4) is 0 Å². The standard InChI is InChI=1S/C42H42FN11O5/c1-44-40(56)29-21-46-36(17-31(29)49-30-8-4-7-28(38(30)59-3)39-47-19-27(43)20-48-39)50-35-13-9-24(18-45-35)22-53-15-5-6-26(23-53)25-10-11-32-34(16-25)52(2)42(58)54(32)33-12-14-37(55)51-41(33)57/h4,7-11,13,16-21,26,33H,5-6,12,14-15,22-23H2,1-3H3,(H,44,56)(H,51,55,57)(H2,45,46,49,50). The number of hydrogen-bond acceptors (Lipinski definition) is 12. The van der Waals surface area contributed by atoms with Crippen molar-refractivity contribution in [2.75, 3.05) is 37.9 Å². The van der Waals surface area contributed by atoms with Gasteiger partial charge in [-0.05, 0) is 73.2 Å². The summed E-state index contributed by atoms with van der Waals surface area (Å²) in [7, 11) is 4.76. The molecule has 6 heterocycles. The van der Waals surface area contributed by atoms with Gasteiger partial charge in [0.15, 0.2) is 17.4 Å². The molecule has 17 heteroatoms. The molecule has 2 aromatic carbocycles. The Labute approximate surface area is 337 Å². The minimum Gasteiger partial charge on any atom is -0.494 e. The molecule has 2 atom stereocenters. The lowest BCUT2D eigenvalue weighted by Crippen LogP contribution is -2.44. The van der Waals surface area contributed by atoms with E-state index in [2.05, 4.69) is 52.2 Å². The Morgan fingerprint density at radius 2 is 1.73 bits per heavy atom. The normalized spacial score (nSPS) is 17.1. The predicted octanol–water partition coefficient (Wildman–Crippen LogP) is 4.94. The van der Waals surface area contributed by atoms with Gasteiger partial charge >= 0.3 is 5.69 Å². The summed E-state index contributed by atoms with van der Waals surface area (Å²) in [4.78, 5) is 70.3. The maximum Gasteiger partial charge on any atom is 0.329 e. The van der Waals surface area contributed by atoms with Crippen molar-refractivity contribution in [3.05, 3.63) is 112 Å². The van der Waals surface area contributed by atoms with Gasteiger partial charge in [0, 0.05) is 52.1 Å². The zero-order valence-corrected chi connectivity index (χ0v) is 32.7. The van der Waals surface area contributed by atoms with Gasteiger partial charge in [-0.25, -0.2) is 29.1 Å². The summed E-state index contributed by atoms with van der Waals surface area (Å²) >= 11 is 0. The number of likely N-dealkylation sites (tertiary alicyclic amines) is 1. The smallest absolute Gasteiger partial charge is 0.329 e. The van der Waals surface area contributed by atoms with E-state index in [1.54, 1.807) is 35.9 Å². The molecule has 4 N–H and O–H groups in total. The minimum absolute atomic E-state index is 0.194. The van der Waals surface area contributed by atoms with Crippen LogP contribution in [0.4, 0.5) is 27.4 Å². The third-order valence-electron chi connectivity index (χ3n) is 10.8. The zero-order chi connectivity index (χ0) is 41.2. The summed E-state index contributed by atoms with van der Waals surface area (Å²) in [5.41, 5.74) is 5.12. The third-order valence-corrected chi connectivity index (χ3v) is 10.8. The van der Waals surface area contributed by atoms with Gasteiger partial charge in [0.2, 0.25) is 11.8 Å². The van der Waals surface area contributed by atoms with Crippen molar-refractivity contribution in [2.45, 2.75) is 44.2 Å². The molecule has 3 amide bonds. The molecule has 2 aliphatic rings. The van der Waals surface area contributed by atoms with E-state index in [1.807, 2.05) is 30.5 Å². The molecule has 4 aromatic heterocycles. The van der Waals surface area contributed by atoms with Crippen molar-refractivity contribution < 1.29 is 23.5 Å². The predicted molar refractivity (Wildman–Crippen MR) is 218 cm³/mol. The van der Waals surface area contributed by atoms with Crippen molar-refractivity contribution in [3.63, 3.8) is 0 Å². The Morgan fingerprint density at radius 3 is 2.47 bits per heavy atom. The number of para-hydroxylation sites is 1. The number of fused-ring (bicyclic) bond motifs is 1. The molecule has 0 spiro atoms. The number of hydrogen-bond donors (Lipinski definition) is 4. The number of benzene rings is 2. The highest BCUT2D eigenvalue weighted by molar-refractivity contribution is 6.01. The number of imide groups is 1. The number of nitrogens with zero attached hydrogens (tertiary/aromatic N) is 7. The maximum atomic E-state index is 13.5. The van der Waals surface area contributed by atoms with E-state index in [-0.39, 0.29) is 35.7 Å². The molecule has 16 nitrogen and oxygen atoms in total. The van der Waals surface area contributed by atoms with Crippen molar-refractivity contribution in [1.29, 1.82) is 0 Å². The highest BCUT2D eigenvalue weighted by Crippen LogP contribution is 2.38. The third kappa shape index (κ3) is 7.96. The van der Waals surface area contributed by atoms with E-state index in [0.29, 0.717) is 58.4 Å². The minimum atomic E-state index is -0.721. The molecule has 0 bridgehead atoms. The molecular weight excluding hydrogens is 758 g/mol. The molecule has 0 saturated carbocycles. The van der Waals surface area contributed by atoms with Crippen molar-refractivity contribution in [1.82, 2.24) is 44.6 Å². The first-order valence-corrected chi connectivity index (χ1v) is 19.2. The van der Waals surface area contributed by atoms with Gasteiger partial charge in [0.25, 0.3) is 5.91 Å². The van der Waals surface area contributed by atoms with Gasteiger partial charge in [-0.1, -0.05) is 18.2 Å². The average Bonchev–Trinajstić information content (AvgIpc) is 3.49. The number of ether oxygens (including phenoxy) is 1. The summed E-state index contributed by atoms with van der Waals surface area (Å²) in [6.07, 6.45) is 7.97. The molecule has 302 valence electrons. The Balaban J connectivity index is 0.953. The molecule has 6 aromatic rings. The fourth-order valence-electron chi connectivity index (χ4n) is 7.89. The summed E-state index contributed by atoms with van der Waals surface area (Å²) in [5, 5.41) is 11.5. The lowest BCUT2D eigenvalue weighted by atomic mass is 9.90. The van der Waals surface area contributed by atoms with Crippen LogP contribution < -0.4 is 31.7 Å². The number of imidazole rings is 1. The van der Waals surface area contributed by atoms with Gasteiger partial charge in [-0.15, -0.1) is 0 Å². The van der Waals surface area contributed by atoms with Crippen LogP contribution in [0.1, 0.15) is 59.1 Å². The zero-order valence-electron chi connectivity index (χ0n) is 32.7. The van der Waals surface area contributed by atoms with Crippen LogP contribution in [-0.2, 0) is 23.2 Å². The molecule has 59 heavy (non-hydrogen) atoms. The number of rotatable bonds is 11. The second-order valence-corrected chi connectivity index (χ2v) is 14.6. The number of amides is 3. The molecule has 2 unspecified atom stereocenters. The van der Waals surface area contributed by atoms with Crippen LogP contribution in [0.2, 0.25) is 0 Å². The monoisotopic (exact) mass is 799 g/mol. The van der Waals surface area contributed by atoms with E-state index >= 15 is 0 Å². The number of carbonyl (C=O) groups is 3. The summed E-state index contributed by atoms with van der Waals surface area (Å²) in [6.45, 7) is 2.47. The van der Waals surface area contributed by atoms with E-state index in [9.17, 15) is 23.6 Å². The largest absolute Gasteiger partial charge is 0.494 e. The Bertz CT molecular complexity index is 2630. The number of carbonyl (C=O) groups excluding carboxylic acids is 3. The van der Waals surface area contributed by atoms with E-state index in [1.165, 1.54) is 24.9 Å². The average molecular weight is 800 g/mol. The topological polar surface area (TPSA) is 190 Å². The number of aromatic nitrogens is 6. The van der Waals surface area contributed by atoms with Crippen molar-refractivity contribution in [2.24, 2.45) is 7.05 Å². The van der Waals surface area contributed by atoms with Gasteiger partial charge in [-0.2, -0.15) is 0 Å². The molecule has 2 saturated heterocycles. The summed E-state index contributed by atoms with van der Waals surface area (Å²) < 4.78 is 22.4. The second kappa shape index (κ2) is 16.5. The van der Waals surface area contributed by atoms with Crippen LogP contribution in [0.25, 0.3) is 22.4 Å². The molecule has 2 aliphatic heterocycles. The van der Waals surface area contributed by atoms with Crippen LogP contribution in [-0.4, -0.2) is 78.9 Å². The van der Waals surface area contributed by atoms with Crippen molar-refractivity contribution in [3.8, 4) is 17.1 Å². The van der Waals surface area contributed by atoms with Gasteiger partial charge in [0.1, 0.15) is 17.7 Å². The van der Waals surface area contributed by atoms with Gasteiger partial charge in [0.05, 0.1) is 53.0 Å². The SMILES string of the molecule is CNC(=O)c1cnc(Nc2ccc(CN3CCCC(c4ccc5c(c4)n(C)c(=O)n5C4CCC(=O)NC4=O)C3)cn2)cc1Nc1cccc(-c2ncc(F)cn2)c1OC. The lowest BCUT2D eigenvalue weighted by molar-refractivity contribution is -0.135. The summed E-state index contributed by atoms with van der Waals surface area (Å²) in [5.74, 6) is 0.267. The van der Waals surface area contributed by atoms with Crippen LogP contribution in [0.5, 0.6) is 5.75 Å². The maximum absolute atomic E-state index is 13.5. The first-order chi connectivity index (χ1) is 28.6. The fraction of sp³-hybridized carbons (Fsp3) is 0.286. The van der Waals surface area contributed by atoms with Crippen LogP contribution in [0, 0.1) is 5.82 Å². The quantitative estimate of drug-likeness (QED) is 0.129. The Morgan fingerprint density at radius 1 is 0.915 bits per heavy atom. The number of methoxy groups -OCH3 is 1. The molecule has 0 radical (unpaired) electrons. The number of piperidine rings is 2. The molecule has 0 aliphatic carbocycles. The van der Waals surface area contributed by atoms with E-state index in [4.69, 9.17) is 4.74 Å². The summed E-state index contributed by atoms with van der Waals surface area (Å²) in [6, 6.07) is 16.2. The fourth-order valence-corrected chi connectivity index (χ4v) is 7.89. The molecular formula is C42H42FN11O5. The Kier molecular flexibility index (Phi) is 10.8. The Hall–Kier alpha value is -7.01. The van der Waals surface area contributed by atoms with Crippen LogP contribution in [0.15, 0.2) is 84.2 Å². The van der Waals surface area contributed by atoms with E-state index in [0.717, 1.165) is 55.0 Å². The first kappa shape index (κ1) is 38.8. The van der Waals surface area contributed by atoms with Crippen LogP contribution >= 0.6 is 0 Å².